The largest absolute Gasteiger partial charge is 0.486 e. The Morgan fingerprint density at radius 3 is 3.04 bits per heavy atom. The van der Waals surface area contributed by atoms with Crippen molar-refractivity contribution in [1.29, 1.82) is 0 Å². The summed E-state index contributed by atoms with van der Waals surface area (Å²) in [4.78, 5) is 14.8. The molecule has 28 heavy (non-hydrogen) atoms. The highest BCUT2D eigenvalue weighted by Crippen LogP contribution is 2.38. The number of rotatable bonds is 7. The standard InChI is InChI=1S/C19H24N4O3S2/c1-2-7-20-18-21-22-19(28-18)27-12-17(24)23-8-3-4-14(23)13-5-6-15-16(11-13)26-10-9-25-15/h5-6,11,14H,2-4,7-10,12H2,1H3,(H,20,21). The molecule has 0 radical (unpaired) electrons. The molecule has 2 aromatic rings. The van der Waals surface area contributed by atoms with Gasteiger partial charge in [-0.1, -0.05) is 36.1 Å². The maximum absolute atomic E-state index is 12.9. The lowest BCUT2D eigenvalue weighted by Crippen LogP contribution is -2.32. The van der Waals surface area contributed by atoms with Gasteiger partial charge >= 0.3 is 0 Å². The Morgan fingerprint density at radius 2 is 2.18 bits per heavy atom. The van der Waals surface area contributed by atoms with E-state index < -0.39 is 0 Å². The lowest BCUT2D eigenvalue weighted by Gasteiger charge is -2.26. The van der Waals surface area contributed by atoms with Crippen molar-refractivity contribution in [2.75, 3.05) is 37.4 Å². The summed E-state index contributed by atoms with van der Waals surface area (Å²) in [5, 5.41) is 12.3. The minimum Gasteiger partial charge on any atom is -0.486 e. The fourth-order valence-electron chi connectivity index (χ4n) is 3.46. The molecule has 4 rings (SSSR count). The normalized spacial score (nSPS) is 18.3. The molecule has 0 aliphatic carbocycles. The van der Waals surface area contributed by atoms with Gasteiger partial charge in [-0.2, -0.15) is 0 Å². The van der Waals surface area contributed by atoms with Crippen molar-refractivity contribution in [3.63, 3.8) is 0 Å². The van der Waals surface area contributed by atoms with Gasteiger partial charge in [0.2, 0.25) is 11.0 Å². The van der Waals surface area contributed by atoms with Crippen LogP contribution in [0.1, 0.15) is 37.8 Å². The van der Waals surface area contributed by atoms with E-state index in [9.17, 15) is 4.79 Å². The minimum atomic E-state index is 0.0973. The molecule has 1 fully saturated rings. The fraction of sp³-hybridized carbons (Fsp3) is 0.526. The third-order valence-corrected chi connectivity index (χ3v) is 6.78. The molecule has 1 aromatic carbocycles. The summed E-state index contributed by atoms with van der Waals surface area (Å²) in [5.74, 6) is 2.08. The van der Waals surface area contributed by atoms with Gasteiger partial charge in [-0.05, 0) is 37.0 Å². The number of hydrogen-bond donors (Lipinski definition) is 1. The zero-order valence-corrected chi connectivity index (χ0v) is 17.5. The van der Waals surface area contributed by atoms with Gasteiger partial charge in [-0.3, -0.25) is 4.79 Å². The van der Waals surface area contributed by atoms with Crippen LogP contribution in [-0.4, -0.2) is 53.1 Å². The molecule has 1 unspecified atom stereocenters. The number of nitrogens with zero attached hydrogens (tertiary/aromatic N) is 3. The van der Waals surface area contributed by atoms with Crippen molar-refractivity contribution in [3.05, 3.63) is 23.8 Å². The first-order chi connectivity index (χ1) is 13.7. The van der Waals surface area contributed by atoms with Gasteiger partial charge in [-0.15, -0.1) is 10.2 Å². The van der Waals surface area contributed by atoms with E-state index in [1.807, 2.05) is 23.1 Å². The number of carbonyl (C=O) groups is 1. The third-order valence-electron chi connectivity index (χ3n) is 4.78. The van der Waals surface area contributed by atoms with Crippen LogP contribution in [0.15, 0.2) is 22.5 Å². The predicted octanol–water partition coefficient (Wildman–Crippen LogP) is 3.59. The molecule has 1 saturated heterocycles. The summed E-state index contributed by atoms with van der Waals surface area (Å²) in [5.41, 5.74) is 1.11. The van der Waals surface area contributed by atoms with Gasteiger partial charge in [0.15, 0.2) is 15.8 Å². The summed E-state index contributed by atoms with van der Waals surface area (Å²) in [6.45, 7) is 4.92. The van der Waals surface area contributed by atoms with Crippen molar-refractivity contribution in [1.82, 2.24) is 15.1 Å². The minimum absolute atomic E-state index is 0.0973. The first kappa shape index (κ1) is 19.3. The van der Waals surface area contributed by atoms with Crippen molar-refractivity contribution in [3.8, 4) is 11.5 Å². The fourth-order valence-corrected chi connectivity index (χ4v) is 5.12. The lowest BCUT2D eigenvalue weighted by molar-refractivity contribution is -0.129. The van der Waals surface area contributed by atoms with Crippen molar-refractivity contribution in [2.24, 2.45) is 0 Å². The number of aromatic nitrogens is 2. The second kappa shape index (κ2) is 9.00. The number of likely N-dealkylation sites (tertiary alicyclic amines) is 1. The number of amides is 1. The first-order valence-electron chi connectivity index (χ1n) is 9.64. The van der Waals surface area contributed by atoms with E-state index in [-0.39, 0.29) is 11.9 Å². The van der Waals surface area contributed by atoms with Gasteiger partial charge < -0.3 is 19.7 Å². The number of carbonyl (C=O) groups excluding carboxylic acids is 1. The van der Waals surface area contributed by atoms with E-state index in [1.54, 1.807) is 0 Å². The van der Waals surface area contributed by atoms with Crippen LogP contribution in [0.2, 0.25) is 0 Å². The molecule has 1 aromatic heterocycles. The van der Waals surface area contributed by atoms with Crippen LogP contribution >= 0.6 is 23.1 Å². The number of anilines is 1. The van der Waals surface area contributed by atoms with Crippen molar-refractivity contribution >= 4 is 34.1 Å². The molecule has 9 heteroatoms. The average molecular weight is 421 g/mol. The van der Waals surface area contributed by atoms with Gasteiger partial charge in [0.1, 0.15) is 13.2 Å². The maximum Gasteiger partial charge on any atom is 0.233 e. The Morgan fingerprint density at radius 1 is 1.32 bits per heavy atom. The van der Waals surface area contributed by atoms with E-state index in [2.05, 4.69) is 22.4 Å². The summed E-state index contributed by atoms with van der Waals surface area (Å²) >= 11 is 2.96. The molecule has 0 saturated carbocycles. The van der Waals surface area contributed by atoms with Crippen molar-refractivity contribution < 1.29 is 14.3 Å². The maximum atomic E-state index is 12.9. The molecule has 1 N–H and O–H groups in total. The van der Waals surface area contributed by atoms with Gasteiger partial charge in [0.25, 0.3) is 0 Å². The molecule has 0 bridgehead atoms. The molecular formula is C19H24N4O3S2. The lowest BCUT2D eigenvalue weighted by atomic mass is 10.0. The van der Waals surface area contributed by atoms with Crippen LogP contribution in [-0.2, 0) is 4.79 Å². The predicted molar refractivity (Wildman–Crippen MR) is 111 cm³/mol. The Balaban J connectivity index is 1.37. The van der Waals surface area contributed by atoms with Crippen LogP contribution in [0.4, 0.5) is 5.13 Å². The summed E-state index contributed by atoms with van der Waals surface area (Å²) in [6.07, 6.45) is 3.02. The number of fused-ring (bicyclic) bond motifs is 1. The van der Waals surface area contributed by atoms with E-state index in [0.717, 1.165) is 58.9 Å². The summed E-state index contributed by atoms with van der Waals surface area (Å²) in [7, 11) is 0. The Bertz CT molecular complexity index is 829. The van der Waals surface area contributed by atoms with E-state index in [0.29, 0.717) is 19.0 Å². The summed E-state index contributed by atoms with van der Waals surface area (Å²) in [6, 6.07) is 6.12. The highest BCUT2D eigenvalue weighted by Gasteiger charge is 2.31. The number of hydrogen-bond acceptors (Lipinski definition) is 8. The quantitative estimate of drug-likeness (QED) is 0.686. The molecular weight excluding hydrogens is 396 g/mol. The first-order valence-corrected chi connectivity index (χ1v) is 11.4. The van der Waals surface area contributed by atoms with E-state index in [4.69, 9.17) is 9.47 Å². The Labute approximate surface area is 172 Å². The van der Waals surface area contributed by atoms with Gasteiger partial charge in [0, 0.05) is 13.1 Å². The number of ether oxygens (including phenoxy) is 2. The smallest absolute Gasteiger partial charge is 0.233 e. The molecule has 1 atom stereocenters. The van der Waals surface area contributed by atoms with Crippen molar-refractivity contribution in [2.45, 2.75) is 36.6 Å². The number of thioether (sulfide) groups is 1. The Kier molecular flexibility index (Phi) is 6.21. The molecule has 7 nitrogen and oxygen atoms in total. The topological polar surface area (TPSA) is 76.6 Å². The second-order valence-corrected chi connectivity index (χ2v) is 8.94. The molecule has 1 amide bonds. The molecule has 150 valence electrons. The number of benzene rings is 1. The highest BCUT2D eigenvalue weighted by atomic mass is 32.2. The van der Waals surface area contributed by atoms with Crippen LogP contribution in [0, 0.1) is 0 Å². The van der Waals surface area contributed by atoms with Crippen LogP contribution < -0.4 is 14.8 Å². The zero-order chi connectivity index (χ0) is 19.3. The van der Waals surface area contributed by atoms with Crippen LogP contribution in [0.5, 0.6) is 11.5 Å². The molecule has 3 heterocycles. The van der Waals surface area contributed by atoms with Crippen LogP contribution in [0.25, 0.3) is 0 Å². The Hall–Kier alpha value is -2.00. The van der Waals surface area contributed by atoms with Gasteiger partial charge in [0.05, 0.1) is 11.8 Å². The monoisotopic (exact) mass is 420 g/mol. The van der Waals surface area contributed by atoms with Gasteiger partial charge in [-0.25, -0.2) is 0 Å². The van der Waals surface area contributed by atoms with E-state index in [1.165, 1.54) is 23.1 Å². The zero-order valence-electron chi connectivity index (χ0n) is 15.8. The third kappa shape index (κ3) is 4.35. The average Bonchev–Trinajstić information content (AvgIpc) is 3.39. The summed E-state index contributed by atoms with van der Waals surface area (Å²) < 4.78 is 12.1. The molecule has 2 aliphatic heterocycles. The molecule has 0 spiro atoms. The highest BCUT2D eigenvalue weighted by molar-refractivity contribution is 8.01. The van der Waals surface area contributed by atoms with E-state index >= 15 is 0 Å². The SMILES string of the molecule is CCCNc1nnc(SCC(=O)N2CCCC2c2ccc3c(c2)OCCO3)s1. The second-order valence-electron chi connectivity index (χ2n) is 6.74. The van der Waals surface area contributed by atoms with Crippen LogP contribution in [0.3, 0.4) is 0 Å². The number of nitrogens with one attached hydrogen (secondary N) is 1. The molecule has 2 aliphatic rings.